The molecule has 0 saturated heterocycles. The van der Waals surface area contributed by atoms with Crippen molar-refractivity contribution in [1.29, 1.82) is 0 Å². The van der Waals surface area contributed by atoms with Crippen LogP contribution >= 0.6 is 23.2 Å². The maximum absolute atomic E-state index is 11.8. The molecule has 0 aliphatic heterocycles. The average molecular weight is 320 g/mol. The first-order valence-corrected chi connectivity index (χ1v) is 6.64. The Morgan fingerprint density at radius 1 is 1.50 bits per heavy atom. The highest BCUT2D eigenvalue weighted by molar-refractivity contribution is 6.36. The summed E-state index contributed by atoms with van der Waals surface area (Å²) in [6.45, 7) is 1.66. The third kappa shape index (κ3) is 4.63. The summed E-state index contributed by atoms with van der Waals surface area (Å²) in [7, 11) is 1.57. The van der Waals surface area contributed by atoms with Gasteiger partial charge >= 0.3 is 5.97 Å². The van der Waals surface area contributed by atoms with Crippen LogP contribution in [0.25, 0.3) is 0 Å². The molecule has 6 nitrogen and oxygen atoms in total. The largest absolute Gasteiger partial charge is 0.480 e. The molecule has 1 aromatic heterocycles. The molecule has 0 bridgehead atoms. The number of anilines is 1. The number of aromatic nitrogens is 1. The van der Waals surface area contributed by atoms with E-state index in [9.17, 15) is 9.59 Å². The first-order valence-electron chi connectivity index (χ1n) is 5.89. The summed E-state index contributed by atoms with van der Waals surface area (Å²) in [5, 5.41) is 12.1. The highest BCUT2D eigenvalue weighted by atomic mass is 35.5. The van der Waals surface area contributed by atoms with Gasteiger partial charge in [-0.25, -0.2) is 4.98 Å². The zero-order valence-corrected chi connectivity index (χ0v) is 12.6. The molecule has 0 aliphatic carbocycles. The van der Waals surface area contributed by atoms with Crippen LogP contribution in [-0.4, -0.2) is 46.5 Å². The molecule has 1 unspecified atom stereocenters. The van der Waals surface area contributed by atoms with Crippen molar-refractivity contribution >= 4 is 40.9 Å². The van der Waals surface area contributed by atoms with Gasteiger partial charge in [-0.05, 0) is 19.5 Å². The molecule has 20 heavy (non-hydrogen) atoms. The lowest BCUT2D eigenvalue weighted by Crippen LogP contribution is -2.42. The van der Waals surface area contributed by atoms with Crippen molar-refractivity contribution in [2.24, 2.45) is 0 Å². The Hall–Kier alpha value is -1.37. The van der Waals surface area contributed by atoms with E-state index in [1.165, 1.54) is 17.2 Å². The second-order valence-corrected chi connectivity index (χ2v) is 5.05. The molecule has 0 aliphatic rings. The number of carboxylic acid groups (broad SMARTS) is 1. The predicted octanol–water partition coefficient (Wildman–Crippen LogP) is 2.12. The number of halogens is 2. The third-order valence-corrected chi connectivity index (χ3v) is 3.16. The number of pyridine rings is 1. The van der Waals surface area contributed by atoms with Crippen LogP contribution in [0.1, 0.15) is 13.3 Å². The molecule has 0 radical (unpaired) electrons. The summed E-state index contributed by atoms with van der Waals surface area (Å²) in [6.07, 6.45) is 1.76. The van der Waals surface area contributed by atoms with E-state index in [1.807, 2.05) is 0 Å². The van der Waals surface area contributed by atoms with E-state index in [1.54, 1.807) is 14.0 Å². The molecule has 1 atom stereocenters. The van der Waals surface area contributed by atoms with Gasteiger partial charge in [0.05, 0.1) is 16.6 Å². The fourth-order valence-corrected chi connectivity index (χ4v) is 2.12. The number of rotatable bonds is 6. The molecule has 110 valence electrons. The van der Waals surface area contributed by atoms with Crippen molar-refractivity contribution in [3.05, 3.63) is 22.3 Å². The van der Waals surface area contributed by atoms with Gasteiger partial charge in [-0.1, -0.05) is 30.1 Å². The molecule has 1 rings (SSSR count). The van der Waals surface area contributed by atoms with Crippen molar-refractivity contribution in [3.8, 4) is 0 Å². The number of carboxylic acids is 1. The van der Waals surface area contributed by atoms with E-state index >= 15 is 0 Å². The molecule has 1 amide bonds. The number of carbonyl (C=O) groups is 2. The molecule has 0 saturated carbocycles. The van der Waals surface area contributed by atoms with Gasteiger partial charge in [0, 0.05) is 6.20 Å². The summed E-state index contributed by atoms with van der Waals surface area (Å²) in [6, 6.07) is 0.746. The average Bonchev–Trinajstić information content (AvgIpc) is 2.33. The zero-order chi connectivity index (χ0) is 15.3. The molecular weight excluding hydrogens is 305 g/mol. The molecule has 1 aromatic rings. The number of hydrogen-bond acceptors (Lipinski definition) is 4. The Kier molecular flexibility index (Phi) is 6.19. The first kappa shape index (κ1) is 16.7. The number of nitrogens with zero attached hydrogens (tertiary/aromatic N) is 2. The Balaban J connectivity index is 2.65. The van der Waals surface area contributed by atoms with Crippen LogP contribution < -0.4 is 5.32 Å². The van der Waals surface area contributed by atoms with Gasteiger partial charge in [-0.3, -0.25) is 14.5 Å². The Labute approximate surface area is 126 Å². The summed E-state index contributed by atoms with van der Waals surface area (Å²) >= 11 is 11.6. The van der Waals surface area contributed by atoms with Crippen molar-refractivity contribution in [1.82, 2.24) is 9.88 Å². The van der Waals surface area contributed by atoms with E-state index in [4.69, 9.17) is 28.3 Å². The maximum Gasteiger partial charge on any atom is 0.320 e. The minimum atomic E-state index is -0.967. The van der Waals surface area contributed by atoms with Crippen LogP contribution in [0.4, 0.5) is 5.82 Å². The Morgan fingerprint density at radius 3 is 2.65 bits per heavy atom. The summed E-state index contributed by atoms with van der Waals surface area (Å²) < 4.78 is 0. The molecule has 1 heterocycles. The lowest BCUT2D eigenvalue weighted by atomic mass is 10.2. The maximum atomic E-state index is 11.8. The number of nitrogens with one attached hydrogen (secondary N) is 1. The standard InChI is InChI=1S/C12H15Cl2N3O3/c1-3-9(12(19)20)17(2)6-10(18)16-11-8(14)4-7(13)5-15-11/h4-5,9H,3,6H2,1-2H3,(H,19,20)(H,15,16,18). The van der Waals surface area contributed by atoms with Crippen molar-refractivity contribution < 1.29 is 14.7 Å². The molecule has 0 aromatic carbocycles. The van der Waals surface area contributed by atoms with Crippen LogP contribution in [0.15, 0.2) is 12.3 Å². The highest BCUT2D eigenvalue weighted by Gasteiger charge is 2.22. The molecule has 8 heteroatoms. The first-order chi connectivity index (χ1) is 9.35. The van der Waals surface area contributed by atoms with Crippen LogP contribution in [0.2, 0.25) is 10.0 Å². The lowest BCUT2D eigenvalue weighted by Gasteiger charge is -2.22. The van der Waals surface area contributed by atoms with E-state index in [0.717, 1.165) is 0 Å². The monoisotopic (exact) mass is 319 g/mol. The summed E-state index contributed by atoms with van der Waals surface area (Å²) in [4.78, 5) is 28.1. The van der Waals surface area contributed by atoms with Gasteiger partial charge < -0.3 is 10.4 Å². The second kappa shape index (κ2) is 7.42. The number of carbonyl (C=O) groups excluding carboxylic acids is 1. The smallest absolute Gasteiger partial charge is 0.320 e. The van der Waals surface area contributed by atoms with Crippen molar-refractivity contribution in [3.63, 3.8) is 0 Å². The van der Waals surface area contributed by atoms with Crippen molar-refractivity contribution in [2.75, 3.05) is 18.9 Å². The van der Waals surface area contributed by atoms with Crippen LogP contribution in [0.5, 0.6) is 0 Å². The molecule has 0 fully saturated rings. The van der Waals surface area contributed by atoms with Crippen molar-refractivity contribution in [2.45, 2.75) is 19.4 Å². The normalized spacial score (nSPS) is 12.2. The predicted molar refractivity (Wildman–Crippen MR) is 77.2 cm³/mol. The number of amides is 1. The number of hydrogen-bond donors (Lipinski definition) is 2. The minimum absolute atomic E-state index is 0.0779. The van der Waals surface area contributed by atoms with E-state index < -0.39 is 17.9 Å². The quantitative estimate of drug-likeness (QED) is 0.839. The Bertz CT molecular complexity index is 511. The SMILES string of the molecule is CCC(C(=O)O)N(C)CC(=O)Nc1ncc(Cl)cc1Cl. The minimum Gasteiger partial charge on any atom is -0.480 e. The fourth-order valence-electron chi connectivity index (χ4n) is 1.69. The van der Waals surface area contributed by atoms with Gasteiger partial charge in [0.1, 0.15) is 6.04 Å². The second-order valence-electron chi connectivity index (χ2n) is 4.21. The number of likely N-dealkylation sites (N-methyl/N-ethyl adjacent to an activating group) is 1. The van der Waals surface area contributed by atoms with Gasteiger partial charge in [0.15, 0.2) is 5.82 Å². The topological polar surface area (TPSA) is 82.5 Å². The van der Waals surface area contributed by atoms with Gasteiger partial charge in [0.25, 0.3) is 0 Å². The van der Waals surface area contributed by atoms with Crippen LogP contribution in [0, 0.1) is 0 Å². The fraction of sp³-hybridized carbons (Fsp3) is 0.417. The third-order valence-electron chi connectivity index (χ3n) is 2.66. The molecule has 0 spiro atoms. The van der Waals surface area contributed by atoms with E-state index in [-0.39, 0.29) is 17.4 Å². The van der Waals surface area contributed by atoms with Crippen LogP contribution in [-0.2, 0) is 9.59 Å². The number of aliphatic carboxylic acids is 1. The molecular formula is C12H15Cl2N3O3. The lowest BCUT2D eigenvalue weighted by molar-refractivity contribution is -0.143. The summed E-state index contributed by atoms with van der Waals surface area (Å²) in [5.74, 6) is -1.17. The van der Waals surface area contributed by atoms with Gasteiger partial charge in [-0.2, -0.15) is 0 Å². The highest BCUT2D eigenvalue weighted by Crippen LogP contribution is 2.22. The van der Waals surface area contributed by atoms with Gasteiger partial charge in [-0.15, -0.1) is 0 Å². The van der Waals surface area contributed by atoms with E-state index in [0.29, 0.717) is 11.4 Å². The Morgan fingerprint density at radius 2 is 2.15 bits per heavy atom. The zero-order valence-electron chi connectivity index (χ0n) is 11.1. The summed E-state index contributed by atoms with van der Waals surface area (Å²) in [5.41, 5.74) is 0. The van der Waals surface area contributed by atoms with E-state index in [2.05, 4.69) is 10.3 Å². The van der Waals surface area contributed by atoms with Gasteiger partial charge in [0.2, 0.25) is 5.91 Å². The molecule has 2 N–H and O–H groups in total. The van der Waals surface area contributed by atoms with Crippen LogP contribution in [0.3, 0.4) is 0 Å².